The summed E-state index contributed by atoms with van der Waals surface area (Å²) in [6.45, 7) is 6.03. The van der Waals surface area contributed by atoms with Gasteiger partial charge in [0.05, 0.1) is 5.69 Å². The zero-order valence-corrected chi connectivity index (χ0v) is 14.7. The van der Waals surface area contributed by atoms with Crippen LogP contribution in [0.2, 0.25) is 0 Å². The van der Waals surface area contributed by atoms with Crippen LogP contribution in [0.1, 0.15) is 38.3 Å². The number of nitrogens with one attached hydrogen (secondary N) is 1. The number of anilines is 2. The van der Waals surface area contributed by atoms with Crippen molar-refractivity contribution in [2.45, 2.75) is 39.2 Å². The van der Waals surface area contributed by atoms with Crippen LogP contribution in [0.15, 0.2) is 41.2 Å². The number of nitrogens with zero attached hydrogens (tertiary/aromatic N) is 3. The molecule has 0 aliphatic heterocycles. The van der Waals surface area contributed by atoms with Gasteiger partial charge in [-0.2, -0.15) is 5.10 Å². The van der Waals surface area contributed by atoms with E-state index in [4.69, 9.17) is 0 Å². The predicted octanol–water partition coefficient (Wildman–Crippen LogP) is 2.61. The van der Waals surface area contributed by atoms with Gasteiger partial charge in [0.15, 0.2) is 0 Å². The molecule has 1 aromatic heterocycles. The molecular weight excluding hydrogens is 316 g/mol. The molecule has 0 atom stereocenters. The van der Waals surface area contributed by atoms with Gasteiger partial charge in [0.25, 0.3) is 5.56 Å². The molecule has 0 spiro atoms. The molecule has 6 heteroatoms. The molecule has 132 valence electrons. The van der Waals surface area contributed by atoms with Crippen molar-refractivity contribution in [3.63, 3.8) is 0 Å². The number of rotatable bonds is 7. The van der Waals surface area contributed by atoms with Crippen molar-refractivity contribution in [1.29, 1.82) is 0 Å². The van der Waals surface area contributed by atoms with Crippen LogP contribution >= 0.6 is 0 Å². The van der Waals surface area contributed by atoms with Gasteiger partial charge in [0, 0.05) is 36.4 Å². The second-order valence-corrected chi connectivity index (χ2v) is 6.30. The standard InChI is InChI=1S/C19H24N4O2/c1-3-22(4-2)16-9-7-15(8-10-16)20-18(24)13-23-19(25)12-11-17(21-23)14-5-6-14/h7-12,14H,3-6,13H2,1-2H3,(H,20,24). The Kier molecular flexibility index (Phi) is 5.16. The summed E-state index contributed by atoms with van der Waals surface area (Å²) in [5.74, 6) is 0.195. The van der Waals surface area contributed by atoms with Gasteiger partial charge < -0.3 is 10.2 Å². The van der Waals surface area contributed by atoms with E-state index in [1.54, 1.807) is 6.07 Å². The minimum Gasteiger partial charge on any atom is -0.372 e. The monoisotopic (exact) mass is 340 g/mol. The number of hydrogen-bond donors (Lipinski definition) is 1. The summed E-state index contributed by atoms with van der Waals surface area (Å²) in [5, 5.41) is 7.14. The van der Waals surface area contributed by atoms with E-state index in [0.717, 1.165) is 37.3 Å². The summed E-state index contributed by atoms with van der Waals surface area (Å²) >= 11 is 0. The zero-order chi connectivity index (χ0) is 17.8. The highest BCUT2D eigenvalue weighted by Crippen LogP contribution is 2.38. The molecule has 1 heterocycles. The van der Waals surface area contributed by atoms with Crippen molar-refractivity contribution in [2.75, 3.05) is 23.3 Å². The van der Waals surface area contributed by atoms with Gasteiger partial charge in [-0.25, -0.2) is 4.68 Å². The number of carbonyl (C=O) groups is 1. The second-order valence-electron chi connectivity index (χ2n) is 6.30. The maximum Gasteiger partial charge on any atom is 0.267 e. The first-order chi connectivity index (χ1) is 12.1. The van der Waals surface area contributed by atoms with E-state index in [2.05, 4.69) is 29.2 Å². The average Bonchev–Trinajstić information content (AvgIpc) is 3.44. The molecule has 6 nitrogen and oxygen atoms in total. The smallest absolute Gasteiger partial charge is 0.267 e. The van der Waals surface area contributed by atoms with Gasteiger partial charge in [0.2, 0.25) is 5.91 Å². The van der Waals surface area contributed by atoms with Crippen molar-refractivity contribution in [3.8, 4) is 0 Å². The van der Waals surface area contributed by atoms with Gasteiger partial charge in [-0.1, -0.05) is 0 Å². The van der Waals surface area contributed by atoms with E-state index in [0.29, 0.717) is 11.6 Å². The van der Waals surface area contributed by atoms with Crippen LogP contribution in [0.25, 0.3) is 0 Å². The fraction of sp³-hybridized carbons (Fsp3) is 0.421. The molecule has 0 saturated heterocycles. The molecule has 1 aliphatic rings. The van der Waals surface area contributed by atoms with E-state index in [1.165, 1.54) is 10.7 Å². The highest BCUT2D eigenvalue weighted by molar-refractivity contribution is 5.90. The molecule has 1 saturated carbocycles. The third-order valence-electron chi connectivity index (χ3n) is 4.46. The van der Waals surface area contributed by atoms with E-state index in [1.807, 2.05) is 24.3 Å². The largest absolute Gasteiger partial charge is 0.372 e. The molecule has 1 fully saturated rings. The molecule has 1 aromatic carbocycles. The van der Waals surface area contributed by atoms with Gasteiger partial charge in [-0.05, 0) is 57.0 Å². The Morgan fingerprint density at radius 1 is 1.16 bits per heavy atom. The molecule has 2 aromatic rings. The van der Waals surface area contributed by atoms with Crippen molar-refractivity contribution >= 4 is 17.3 Å². The molecule has 0 unspecified atom stereocenters. The third-order valence-corrected chi connectivity index (χ3v) is 4.46. The van der Waals surface area contributed by atoms with E-state index in [9.17, 15) is 9.59 Å². The third kappa shape index (κ3) is 4.26. The summed E-state index contributed by atoms with van der Waals surface area (Å²) in [6.07, 6.45) is 2.21. The van der Waals surface area contributed by atoms with Crippen LogP contribution in [-0.4, -0.2) is 28.8 Å². The highest BCUT2D eigenvalue weighted by atomic mass is 16.2. The quantitative estimate of drug-likeness (QED) is 0.841. The topological polar surface area (TPSA) is 67.2 Å². The number of aromatic nitrogens is 2. The molecule has 1 aliphatic carbocycles. The van der Waals surface area contributed by atoms with Crippen LogP contribution in [0.5, 0.6) is 0 Å². The molecule has 0 radical (unpaired) electrons. The first-order valence-corrected chi connectivity index (χ1v) is 8.83. The average molecular weight is 340 g/mol. The first kappa shape index (κ1) is 17.2. The lowest BCUT2D eigenvalue weighted by Crippen LogP contribution is -2.29. The van der Waals surface area contributed by atoms with Crippen LogP contribution in [0.4, 0.5) is 11.4 Å². The first-order valence-electron chi connectivity index (χ1n) is 8.83. The minimum atomic E-state index is -0.253. The lowest BCUT2D eigenvalue weighted by molar-refractivity contribution is -0.117. The number of carbonyl (C=O) groups excluding carboxylic acids is 1. The maximum atomic E-state index is 12.2. The maximum absolute atomic E-state index is 12.2. The van der Waals surface area contributed by atoms with Crippen molar-refractivity contribution in [1.82, 2.24) is 9.78 Å². The molecule has 0 bridgehead atoms. The van der Waals surface area contributed by atoms with Gasteiger partial charge in [-0.3, -0.25) is 9.59 Å². The number of amides is 1. The Balaban J connectivity index is 1.64. The van der Waals surface area contributed by atoms with Crippen molar-refractivity contribution in [2.24, 2.45) is 0 Å². The second kappa shape index (κ2) is 7.51. The lowest BCUT2D eigenvalue weighted by Gasteiger charge is -2.21. The van der Waals surface area contributed by atoms with Gasteiger partial charge in [0.1, 0.15) is 6.54 Å². The van der Waals surface area contributed by atoms with E-state index >= 15 is 0 Å². The minimum absolute atomic E-state index is 0.0722. The summed E-state index contributed by atoms with van der Waals surface area (Å²) in [7, 11) is 0. The number of benzene rings is 1. The molecule has 1 amide bonds. The molecule has 3 rings (SSSR count). The van der Waals surface area contributed by atoms with Gasteiger partial charge in [-0.15, -0.1) is 0 Å². The zero-order valence-electron chi connectivity index (χ0n) is 14.7. The van der Waals surface area contributed by atoms with Crippen molar-refractivity contribution in [3.05, 3.63) is 52.4 Å². The van der Waals surface area contributed by atoms with Crippen LogP contribution in [0, 0.1) is 0 Å². The summed E-state index contributed by atoms with van der Waals surface area (Å²) < 4.78 is 1.24. The van der Waals surface area contributed by atoms with E-state index < -0.39 is 0 Å². The molecule has 1 N–H and O–H groups in total. The predicted molar refractivity (Wildman–Crippen MR) is 99.1 cm³/mol. The van der Waals surface area contributed by atoms with Crippen molar-refractivity contribution < 1.29 is 4.79 Å². The van der Waals surface area contributed by atoms with Crippen LogP contribution in [0.3, 0.4) is 0 Å². The SMILES string of the molecule is CCN(CC)c1ccc(NC(=O)Cn2nc(C3CC3)ccc2=O)cc1. The Morgan fingerprint density at radius 2 is 1.84 bits per heavy atom. The molecular formula is C19H24N4O2. The summed E-state index contributed by atoms with van der Waals surface area (Å²) in [6, 6.07) is 11.0. The summed E-state index contributed by atoms with van der Waals surface area (Å²) in [5.41, 5.74) is 2.48. The van der Waals surface area contributed by atoms with Crippen LogP contribution in [-0.2, 0) is 11.3 Å². The Bertz CT molecular complexity index is 790. The fourth-order valence-electron chi connectivity index (χ4n) is 2.86. The van der Waals surface area contributed by atoms with Crippen LogP contribution < -0.4 is 15.8 Å². The Morgan fingerprint density at radius 3 is 2.44 bits per heavy atom. The highest BCUT2D eigenvalue weighted by Gasteiger charge is 2.25. The normalized spacial score (nSPS) is 13.5. The summed E-state index contributed by atoms with van der Waals surface area (Å²) in [4.78, 5) is 26.4. The van der Waals surface area contributed by atoms with E-state index in [-0.39, 0.29) is 18.0 Å². The fourth-order valence-corrected chi connectivity index (χ4v) is 2.86. The lowest BCUT2D eigenvalue weighted by atomic mass is 10.2. The number of hydrogen-bond acceptors (Lipinski definition) is 4. The van der Waals surface area contributed by atoms with Gasteiger partial charge >= 0.3 is 0 Å². The molecule has 25 heavy (non-hydrogen) atoms. The Labute approximate surface area is 147 Å². The Hall–Kier alpha value is -2.63.